The Morgan fingerprint density at radius 1 is 0.714 bits per heavy atom. The van der Waals surface area contributed by atoms with E-state index in [0.29, 0.717) is 13.2 Å². The van der Waals surface area contributed by atoms with E-state index in [4.69, 9.17) is 9.47 Å². The van der Waals surface area contributed by atoms with Crippen molar-refractivity contribution in [1.82, 2.24) is 4.57 Å². The van der Waals surface area contributed by atoms with Gasteiger partial charge in [0, 0.05) is 28.6 Å². The summed E-state index contributed by atoms with van der Waals surface area (Å²) >= 11 is 0. The lowest BCUT2D eigenvalue weighted by Gasteiger charge is -2.12. The molecule has 0 unspecified atom stereocenters. The van der Waals surface area contributed by atoms with Gasteiger partial charge in [-0.2, -0.15) is 0 Å². The third-order valence-corrected chi connectivity index (χ3v) is 6.94. The van der Waals surface area contributed by atoms with Crippen molar-refractivity contribution < 1.29 is 23.8 Å². The average Bonchev–Trinajstić information content (AvgIpc) is 3.17. The average molecular weight is 487 g/mol. The van der Waals surface area contributed by atoms with Crippen molar-refractivity contribution in [2.45, 2.75) is 13.8 Å². The van der Waals surface area contributed by atoms with Crippen molar-refractivity contribution in [1.29, 1.82) is 0 Å². The number of fused-ring (bicyclic) bond motifs is 3. The molecule has 7 heteroatoms. The zero-order valence-corrected chi connectivity index (χ0v) is 20.4. The minimum absolute atomic E-state index is 0.00621. The maximum absolute atomic E-state index is 11.6. The molecule has 0 aliphatic heterocycles. The third kappa shape index (κ3) is 4.44. The Kier molecular flexibility index (Phi) is 6.12. The highest BCUT2D eigenvalue weighted by Gasteiger charge is 2.17. The van der Waals surface area contributed by atoms with Crippen molar-refractivity contribution in [2.24, 2.45) is 0 Å². The van der Waals surface area contributed by atoms with Gasteiger partial charge >= 0.3 is 7.60 Å². The maximum atomic E-state index is 11.6. The second-order valence-electron chi connectivity index (χ2n) is 8.20. The summed E-state index contributed by atoms with van der Waals surface area (Å²) in [5, 5.41) is 2.23. The van der Waals surface area contributed by atoms with Gasteiger partial charge in [-0.25, -0.2) is 0 Å². The van der Waals surface area contributed by atoms with Gasteiger partial charge < -0.3 is 23.8 Å². The minimum atomic E-state index is -4.28. The van der Waals surface area contributed by atoms with Crippen LogP contribution in [0.25, 0.3) is 38.6 Å². The molecule has 0 radical (unpaired) electrons. The van der Waals surface area contributed by atoms with E-state index in [2.05, 4.69) is 34.9 Å². The molecule has 0 aliphatic rings. The summed E-state index contributed by atoms with van der Waals surface area (Å²) in [6.07, 6.45) is 0. The van der Waals surface area contributed by atoms with Crippen LogP contribution in [0.1, 0.15) is 13.8 Å². The SMILES string of the molecule is CCOc1ccc2c3ccc(OCC)cc3n(-c3cccc(-c4ccc(P(=O)(O)O)cc4)c3)c2c1. The van der Waals surface area contributed by atoms with Crippen LogP contribution < -0.4 is 14.8 Å². The number of rotatable bonds is 7. The normalized spacial score (nSPS) is 11.8. The van der Waals surface area contributed by atoms with Gasteiger partial charge in [-0.3, -0.25) is 4.57 Å². The number of nitrogens with zero attached hydrogens (tertiary/aromatic N) is 1. The molecule has 35 heavy (non-hydrogen) atoms. The first-order valence-electron chi connectivity index (χ1n) is 11.5. The lowest BCUT2D eigenvalue weighted by atomic mass is 10.1. The summed E-state index contributed by atoms with van der Waals surface area (Å²) in [7, 11) is -4.28. The third-order valence-electron chi connectivity index (χ3n) is 5.97. The van der Waals surface area contributed by atoms with Crippen LogP contribution in [0.4, 0.5) is 0 Å². The van der Waals surface area contributed by atoms with Crippen LogP contribution in [0.15, 0.2) is 84.9 Å². The van der Waals surface area contributed by atoms with Crippen LogP contribution in [0, 0.1) is 0 Å². The second-order valence-corrected chi connectivity index (χ2v) is 9.81. The number of ether oxygens (including phenoxy) is 2. The molecule has 0 saturated carbocycles. The largest absolute Gasteiger partial charge is 0.494 e. The molecule has 1 aromatic heterocycles. The van der Waals surface area contributed by atoms with Gasteiger partial charge in [-0.1, -0.05) is 24.3 Å². The molecular weight excluding hydrogens is 461 g/mol. The first-order valence-corrected chi connectivity index (χ1v) is 13.1. The van der Waals surface area contributed by atoms with E-state index < -0.39 is 7.60 Å². The smallest absolute Gasteiger partial charge is 0.356 e. The molecule has 0 saturated heterocycles. The fourth-order valence-electron chi connectivity index (χ4n) is 4.44. The molecule has 5 rings (SSSR count). The predicted octanol–water partition coefficient (Wildman–Crippen LogP) is 6.05. The van der Waals surface area contributed by atoms with E-state index in [-0.39, 0.29) is 5.30 Å². The molecule has 0 aliphatic carbocycles. The van der Waals surface area contributed by atoms with Gasteiger partial charge in [0.1, 0.15) is 11.5 Å². The van der Waals surface area contributed by atoms with E-state index in [0.717, 1.165) is 50.1 Å². The molecule has 5 aromatic rings. The highest BCUT2D eigenvalue weighted by molar-refractivity contribution is 7.60. The molecule has 2 N–H and O–H groups in total. The molecule has 0 amide bonds. The van der Waals surface area contributed by atoms with Crippen LogP contribution in [-0.2, 0) is 4.57 Å². The fourth-order valence-corrected chi connectivity index (χ4v) is 4.98. The van der Waals surface area contributed by atoms with Crippen LogP contribution in [-0.4, -0.2) is 27.6 Å². The molecule has 0 fully saturated rings. The number of hydrogen-bond acceptors (Lipinski definition) is 3. The van der Waals surface area contributed by atoms with E-state index in [1.54, 1.807) is 12.1 Å². The molecule has 1 heterocycles. The van der Waals surface area contributed by atoms with Gasteiger partial charge in [-0.15, -0.1) is 0 Å². The second kappa shape index (κ2) is 9.23. The van der Waals surface area contributed by atoms with Crippen molar-refractivity contribution >= 4 is 34.7 Å². The van der Waals surface area contributed by atoms with Crippen LogP contribution >= 0.6 is 7.60 Å². The standard InChI is InChI=1S/C28H26NO5P/c1-3-33-22-10-14-25-26-15-11-23(34-4-2)18-28(26)29(27(25)17-22)21-7-5-6-20(16-21)19-8-12-24(13-9-19)35(30,31)32/h5-18H,3-4H2,1-2H3,(H2,30,31,32). The summed E-state index contributed by atoms with van der Waals surface area (Å²) in [6, 6.07) is 26.8. The number of benzene rings is 4. The topological polar surface area (TPSA) is 80.9 Å². The zero-order valence-electron chi connectivity index (χ0n) is 19.5. The molecule has 0 bridgehead atoms. The Morgan fingerprint density at radius 2 is 1.29 bits per heavy atom. The summed E-state index contributed by atoms with van der Waals surface area (Å²) in [5.41, 5.74) is 4.82. The van der Waals surface area contributed by atoms with Gasteiger partial charge in [0.15, 0.2) is 0 Å². The Hall–Kier alpha value is -3.57. The number of hydrogen-bond donors (Lipinski definition) is 2. The molecule has 0 atom stereocenters. The predicted molar refractivity (Wildman–Crippen MR) is 140 cm³/mol. The Balaban J connectivity index is 1.71. The van der Waals surface area contributed by atoms with Crippen molar-refractivity contribution in [3.63, 3.8) is 0 Å². The van der Waals surface area contributed by atoms with Gasteiger partial charge in [-0.05, 0) is 73.5 Å². The lowest BCUT2D eigenvalue weighted by molar-refractivity contribution is 0.340. The summed E-state index contributed by atoms with van der Waals surface area (Å²) in [5.74, 6) is 1.61. The summed E-state index contributed by atoms with van der Waals surface area (Å²) in [4.78, 5) is 18.9. The Bertz CT molecular complexity index is 1500. The van der Waals surface area contributed by atoms with Crippen LogP contribution in [0.3, 0.4) is 0 Å². The summed E-state index contributed by atoms with van der Waals surface area (Å²) in [6.45, 7) is 5.10. The van der Waals surface area contributed by atoms with Crippen LogP contribution in [0.5, 0.6) is 11.5 Å². The highest BCUT2D eigenvalue weighted by atomic mass is 31.2. The van der Waals surface area contributed by atoms with E-state index >= 15 is 0 Å². The fraction of sp³-hybridized carbons (Fsp3) is 0.143. The lowest BCUT2D eigenvalue weighted by Crippen LogP contribution is -2.02. The first-order chi connectivity index (χ1) is 16.9. The van der Waals surface area contributed by atoms with E-state index in [9.17, 15) is 14.4 Å². The Morgan fingerprint density at radius 3 is 1.80 bits per heavy atom. The minimum Gasteiger partial charge on any atom is -0.494 e. The number of aromatic nitrogens is 1. The van der Waals surface area contributed by atoms with Gasteiger partial charge in [0.25, 0.3) is 0 Å². The molecule has 6 nitrogen and oxygen atoms in total. The summed E-state index contributed by atoms with van der Waals surface area (Å²) < 4.78 is 25.3. The van der Waals surface area contributed by atoms with Crippen molar-refractivity contribution in [2.75, 3.05) is 13.2 Å². The van der Waals surface area contributed by atoms with Crippen molar-refractivity contribution in [3.05, 3.63) is 84.9 Å². The highest BCUT2D eigenvalue weighted by Crippen LogP contribution is 2.37. The van der Waals surface area contributed by atoms with Gasteiger partial charge in [0.2, 0.25) is 0 Å². The van der Waals surface area contributed by atoms with E-state index in [1.165, 1.54) is 12.1 Å². The molecular formula is C28H26NO5P. The Labute approximate surface area is 203 Å². The quantitative estimate of drug-likeness (QED) is 0.273. The maximum Gasteiger partial charge on any atom is 0.356 e. The van der Waals surface area contributed by atoms with Crippen LogP contribution in [0.2, 0.25) is 0 Å². The first kappa shape index (κ1) is 23.2. The van der Waals surface area contributed by atoms with Crippen molar-refractivity contribution in [3.8, 4) is 28.3 Å². The zero-order chi connectivity index (χ0) is 24.6. The molecule has 4 aromatic carbocycles. The molecule has 178 valence electrons. The molecule has 0 spiro atoms. The van der Waals surface area contributed by atoms with E-state index in [1.807, 2.05) is 44.2 Å². The monoisotopic (exact) mass is 487 g/mol. The van der Waals surface area contributed by atoms with Gasteiger partial charge in [0.05, 0.1) is 29.6 Å².